The highest BCUT2D eigenvalue weighted by molar-refractivity contribution is 8.06. The van der Waals surface area contributed by atoms with Crippen LogP contribution in [0.5, 0.6) is 0 Å². The first kappa shape index (κ1) is 11.0. The van der Waals surface area contributed by atoms with Crippen molar-refractivity contribution in [2.24, 2.45) is 5.92 Å². The molecule has 0 N–H and O–H groups in total. The van der Waals surface area contributed by atoms with Crippen LogP contribution in [0, 0.1) is 12.8 Å². The van der Waals surface area contributed by atoms with E-state index in [0.717, 1.165) is 16.4 Å². The maximum Gasteiger partial charge on any atom is 0.0220 e. The van der Waals surface area contributed by atoms with Crippen LogP contribution in [0.15, 0.2) is 28.0 Å². The molecule has 1 aliphatic heterocycles. The van der Waals surface area contributed by atoms with E-state index in [2.05, 4.69) is 55.6 Å². The Morgan fingerprint density at radius 2 is 1.88 bits per heavy atom. The average molecular weight is 250 g/mol. The fraction of sp³-hybridized carbons (Fsp3) is 0.571. The fourth-order valence-corrected chi connectivity index (χ4v) is 5.95. The van der Waals surface area contributed by atoms with E-state index in [4.69, 9.17) is 0 Å². The van der Waals surface area contributed by atoms with Crippen molar-refractivity contribution in [3.8, 4) is 0 Å². The van der Waals surface area contributed by atoms with E-state index >= 15 is 0 Å². The molecule has 1 aliphatic carbocycles. The Balaban J connectivity index is 1.88. The molecule has 3 rings (SSSR count). The van der Waals surface area contributed by atoms with Crippen molar-refractivity contribution in [1.29, 1.82) is 0 Å². The van der Waals surface area contributed by atoms with Crippen molar-refractivity contribution >= 4 is 23.5 Å². The fourth-order valence-electron chi connectivity index (χ4n) is 2.69. The molecule has 86 valence electrons. The first-order valence-electron chi connectivity index (χ1n) is 6.16. The van der Waals surface area contributed by atoms with Gasteiger partial charge in [0.05, 0.1) is 0 Å². The number of rotatable bonds is 0. The molecule has 1 saturated carbocycles. The minimum atomic E-state index is 0.864. The summed E-state index contributed by atoms with van der Waals surface area (Å²) in [5.41, 5.74) is 1.40. The van der Waals surface area contributed by atoms with E-state index in [1.807, 2.05) is 0 Å². The highest BCUT2D eigenvalue weighted by Gasteiger charge is 2.34. The molecule has 16 heavy (non-hydrogen) atoms. The Morgan fingerprint density at radius 1 is 1.06 bits per heavy atom. The second-order valence-electron chi connectivity index (χ2n) is 5.18. The van der Waals surface area contributed by atoms with Gasteiger partial charge in [0.25, 0.3) is 0 Å². The molecule has 1 heterocycles. The maximum atomic E-state index is 2.41. The first-order valence-corrected chi connectivity index (χ1v) is 7.92. The maximum absolute atomic E-state index is 2.41. The minimum Gasteiger partial charge on any atom is -0.120 e. The van der Waals surface area contributed by atoms with Crippen molar-refractivity contribution in [2.75, 3.05) is 0 Å². The van der Waals surface area contributed by atoms with Crippen molar-refractivity contribution in [1.82, 2.24) is 0 Å². The molecule has 2 heteroatoms. The van der Waals surface area contributed by atoms with Crippen LogP contribution in [0.25, 0.3) is 0 Å². The number of hydrogen-bond donors (Lipinski definition) is 0. The van der Waals surface area contributed by atoms with Crippen LogP contribution >= 0.6 is 23.5 Å². The highest BCUT2D eigenvalue weighted by atomic mass is 32.2. The van der Waals surface area contributed by atoms with E-state index in [-0.39, 0.29) is 0 Å². The lowest BCUT2D eigenvalue weighted by Gasteiger charge is -2.38. The van der Waals surface area contributed by atoms with E-state index < -0.39 is 0 Å². The lowest BCUT2D eigenvalue weighted by Crippen LogP contribution is -2.30. The summed E-state index contributed by atoms with van der Waals surface area (Å²) >= 11 is 4.27. The van der Waals surface area contributed by atoms with Gasteiger partial charge in [-0.1, -0.05) is 13.0 Å². The molecule has 0 bridgehead atoms. The zero-order valence-corrected chi connectivity index (χ0v) is 11.5. The predicted molar refractivity (Wildman–Crippen MR) is 73.5 cm³/mol. The third kappa shape index (κ3) is 2.02. The Bertz CT molecular complexity index is 400. The summed E-state index contributed by atoms with van der Waals surface area (Å²) in [6, 6.07) is 6.93. The Hall–Kier alpha value is -0.0800. The van der Waals surface area contributed by atoms with Crippen LogP contribution in [-0.4, -0.2) is 10.5 Å². The zero-order valence-electron chi connectivity index (χ0n) is 9.90. The molecule has 1 aromatic carbocycles. The molecule has 0 spiro atoms. The Labute approximate surface area is 107 Å². The van der Waals surface area contributed by atoms with Crippen LogP contribution in [-0.2, 0) is 0 Å². The van der Waals surface area contributed by atoms with Crippen LogP contribution in [0.1, 0.15) is 31.7 Å². The molecule has 3 unspecified atom stereocenters. The number of thioether (sulfide) groups is 2. The summed E-state index contributed by atoms with van der Waals surface area (Å²) in [5, 5.41) is 1.74. The first-order chi connectivity index (χ1) is 7.72. The second-order valence-corrected chi connectivity index (χ2v) is 7.74. The molecule has 0 saturated heterocycles. The largest absolute Gasteiger partial charge is 0.120 e. The van der Waals surface area contributed by atoms with Crippen LogP contribution < -0.4 is 0 Å². The SMILES string of the molecule is Cc1ccc2c(c1)SC1CC(C)CCC1S2. The van der Waals surface area contributed by atoms with Gasteiger partial charge in [-0.15, -0.1) is 23.5 Å². The standard InChI is InChI=1S/C14H18S2/c1-9-3-5-11-13(7-9)16-14-8-10(2)4-6-12(14)15-11/h3,5,7,10,12,14H,4,6,8H2,1-2H3. The van der Waals surface area contributed by atoms with Crippen molar-refractivity contribution in [3.63, 3.8) is 0 Å². The minimum absolute atomic E-state index is 0.864. The van der Waals surface area contributed by atoms with Gasteiger partial charge in [0.2, 0.25) is 0 Å². The molecular formula is C14H18S2. The van der Waals surface area contributed by atoms with E-state index in [9.17, 15) is 0 Å². The average Bonchev–Trinajstić information content (AvgIpc) is 2.26. The molecule has 0 amide bonds. The summed E-state index contributed by atoms with van der Waals surface area (Å²) in [6.45, 7) is 4.61. The molecule has 1 aromatic rings. The summed E-state index contributed by atoms with van der Waals surface area (Å²) in [5.74, 6) is 0.931. The van der Waals surface area contributed by atoms with Crippen molar-refractivity contribution in [3.05, 3.63) is 23.8 Å². The number of hydrogen-bond acceptors (Lipinski definition) is 2. The van der Waals surface area contributed by atoms with Gasteiger partial charge in [0.1, 0.15) is 0 Å². The summed E-state index contributed by atoms with van der Waals surface area (Å²) in [6.07, 6.45) is 4.25. The van der Waals surface area contributed by atoms with Crippen molar-refractivity contribution in [2.45, 2.75) is 53.4 Å². The van der Waals surface area contributed by atoms with Crippen molar-refractivity contribution < 1.29 is 0 Å². The normalized spacial score (nSPS) is 33.0. The third-order valence-electron chi connectivity index (χ3n) is 3.65. The lowest BCUT2D eigenvalue weighted by molar-refractivity contribution is 0.400. The van der Waals surface area contributed by atoms with Gasteiger partial charge in [-0.3, -0.25) is 0 Å². The lowest BCUT2D eigenvalue weighted by atomic mass is 9.90. The van der Waals surface area contributed by atoms with Gasteiger partial charge in [0.15, 0.2) is 0 Å². The summed E-state index contributed by atoms with van der Waals surface area (Å²) in [7, 11) is 0. The second kappa shape index (κ2) is 4.30. The van der Waals surface area contributed by atoms with Gasteiger partial charge in [-0.2, -0.15) is 0 Å². The van der Waals surface area contributed by atoms with Gasteiger partial charge < -0.3 is 0 Å². The number of fused-ring (bicyclic) bond motifs is 2. The molecule has 0 nitrogen and oxygen atoms in total. The highest BCUT2D eigenvalue weighted by Crippen LogP contribution is 2.51. The smallest absolute Gasteiger partial charge is 0.0220 e. The summed E-state index contributed by atoms with van der Waals surface area (Å²) < 4.78 is 0. The molecule has 0 radical (unpaired) electrons. The number of aryl methyl sites for hydroxylation is 1. The Kier molecular flexibility index (Phi) is 2.97. The molecular weight excluding hydrogens is 232 g/mol. The number of benzene rings is 1. The van der Waals surface area contributed by atoms with E-state index in [1.54, 1.807) is 0 Å². The molecule has 0 aromatic heterocycles. The van der Waals surface area contributed by atoms with Crippen LogP contribution in [0.3, 0.4) is 0 Å². The molecule has 2 aliphatic rings. The van der Waals surface area contributed by atoms with Crippen LogP contribution in [0.2, 0.25) is 0 Å². The van der Waals surface area contributed by atoms with Gasteiger partial charge in [-0.25, -0.2) is 0 Å². The van der Waals surface area contributed by atoms with Gasteiger partial charge >= 0.3 is 0 Å². The van der Waals surface area contributed by atoms with Crippen LogP contribution in [0.4, 0.5) is 0 Å². The topological polar surface area (TPSA) is 0 Å². The quantitative estimate of drug-likeness (QED) is 0.651. The molecule has 3 atom stereocenters. The third-order valence-corrected chi connectivity index (χ3v) is 6.84. The van der Waals surface area contributed by atoms with Gasteiger partial charge in [-0.05, 0) is 49.8 Å². The summed E-state index contributed by atoms with van der Waals surface area (Å²) in [4.78, 5) is 3.05. The Morgan fingerprint density at radius 3 is 2.75 bits per heavy atom. The van der Waals surface area contributed by atoms with E-state index in [0.29, 0.717) is 0 Å². The predicted octanol–water partition coefficient (Wildman–Crippen LogP) is 4.75. The monoisotopic (exact) mass is 250 g/mol. The van der Waals surface area contributed by atoms with Gasteiger partial charge in [0, 0.05) is 20.3 Å². The zero-order chi connectivity index (χ0) is 11.1. The molecule has 1 fully saturated rings. The van der Waals surface area contributed by atoms with E-state index in [1.165, 1.54) is 34.6 Å².